The average Bonchev–Trinajstić information content (AvgIpc) is 2.73. The number of anilines is 2. The molecule has 152 valence electrons. The molecule has 2 amide bonds. The normalized spacial score (nSPS) is 14.3. The van der Waals surface area contributed by atoms with E-state index in [1.165, 1.54) is 6.08 Å². The Hall–Kier alpha value is -2.50. The zero-order valence-electron chi connectivity index (χ0n) is 16.2. The number of benzene rings is 2. The second-order valence-corrected chi connectivity index (χ2v) is 7.63. The molecule has 0 aromatic heterocycles. The average molecular weight is 432 g/mol. The topological polar surface area (TPSA) is 52.7 Å². The van der Waals surface area contributed by atoms with Gasteiger partial charge in [0.1, 0.15) is 0 Å². The summed E-state index contributed by atoms with van der Waals surface area (Å²) in [5.74, 6) is -0.0788. The van der Waals surface area contributed by atoms with Gasteiger partial charge in [-0.1, -0.05) is 42.3 Å². The molecule has 0 atom stereocenters. The van der Waals surface area contributed by atoms with Crippen molar-refractivity contribution in [2.24, 2.45) is 0 Å². The largest absolute Gasteiger partial charge is 0.366 e. The van der Waals surface area contributed by atoms with Gasteiger partial charge in [0.15, 0.2) is 0 Å². The third kappa shape index (κ3) is 5.75. The fourth-order valence-electron chi connectivity index (χ4n) is 3.22. The molecule has 29 heavy (non-hydrogen) atoms. The highest BCUT2D eigenvalue weighted by Crippen LogP contribution is 2.30. The Kier molecular flexibility index (Phi) is 7.18. The van der Waals surface area contributed by atoms with Crippen LogP contribution in [0.15, 0.2) is 48.5 Å². The molecule has 0 bridgehead atoms. The van der Waals surface area contributed by atoms with Crippen LogP contribution < -0.4 is 10.2 Å². The maximum Gasteiger partial charge on any atom is 0.248 e. The van der Waals surface area contributed by atoms with E-state index in [1.807, 2.05) is 30.0 Å². The second-order valence-electron chi connectivity index (χ2n) is 6.76. The van der Waals surface area contributed by atoms with E-state index in [4.69, 9.17) is 23.2 Å². The van der Waals surface area contributed by atoms with Gasteiger partial charge in [-0.25, -0.2) is 0 Å². The number of hydrogen-bond donors (Lipinski definition) is 1. The van der Waals surface area contributed by atoms with Crippen LogP contribution in [0.1, 0.15) is 18.9 Å². The Morgan fingerprint density at radius 2 is 1.66 bits per heavy atom. The van der Waals surface area contributed by atoms with Gasteiger partial charge in [-0.2, -0.15) is 0 Å². The summed E-state index contributed by atoms with van der Waals surface area (Å²) in [6.45, 7) is 4.62. The second kappa shape index (κ2) is 9.81. The SMILES string of the molecule is CCC(=O)N1CCN(c2ccc(Cl)cc2NC(=O)C=Cc2ccc(Cl)cc2)CC1. The molecule has 5 nitrogen and oxygen atoms in total. The monoisotopic (exact) mass is 431 g/mol. The van der Waals surface area contributed by atoms with Crippen molar-refractivity contribution >= 4 is 52.5 Å². The van der Waals surface area contributed by atoms with Crippen molar-refractivity contribution in [1.29, 1.82) is 0 Å². The first-order valence-corrected chi connectivity index (χ1v) is 10.3. The van der Waals surface area contributed by atoms with Crippen molar-refractivity contribution in [2.75, 3.05) is 36.4 Å². The van der Waals surface area contributed by atoms with E-state index in [1.54, 1.807) is 30.3 Å². The summed E-state index contributed by atoms with van der Waals surface area (Å²) >= 11 is 12.0. The summed E-state index contributed by atoms with van der Waals surface area (Å²) in [6.07, 6.45) is 3.72. The Labute approximate surface area is 180 Å². The molecule has 0 aliphatic carbocycles. The minimum atomic E-state index is -0.247. The smallest absolute Gasteiger partial charge is 0.248 e. The molecule has 7 heteroatoms. The van der Waals surface area contributed by atoms with E-state index in [0.717, 1.165) is 11.3 Å². The van der Waals surface area contributed by atoms with Crippen LogP contribution in [0, 0.1) is 0 Å². The molecule has 1 aliphatic rings. The molecule has 0 saturated carbocycles. The van der Waals surface area contributed by atoms with Crippen molar-refractivity contribution in [1.82, 2.24) is 4.90 Å². The highest BCUT2D eigenvalue weighted by atomic mass is 35.5. The summed E-state index contributed by atoms with van der Waals surface area (Å²) in [5.41, 5.74) is 2.43. The summed E-state index contributed by atoms with van der Waals surface area (Å²) < 4.78 is 0. The summed E-state index contributed by atoms with van der Waals surface area (Å²) in [4.78, 5) is 28.4. The minimum absolute atomic E-state index is 0.168. The number of piperazine rings is 1. The maximum absolute atomic E-state index is 12.4. The summed E-state index contributed by atoms with van der Waals surface area (Å²) in [5, 5.41) is 4.11. The highest BCUT2D eigenvalue weighted by Gasteiger charge is 2.22. The van der Waals surface area contributed by atoms with Gasteiger partial charge in [-0.15, -0.1) is 0 Å². The predicted molar refractivity (Wildman–Crippen MR) is 120 cm³/mol. The minimum Gasteiger partial charge on any atom is -0.366 e. The molecule has 1 N–H and O–H groups in total. The van der Waals surface area contributed by atoms with Crippen LogP contribution in [0.4, 0.5) is 11.4 Å². The number of halogens is 2. The van der Waals surface area contributed by atoms with E-state index in [9.17, 15) is 9.59 Å². The van der Waals surface area contributed by atoms with Crippen LogP contribution in [0.2, 0.25) is 10.0 Å². The van der Waals surface area contributed by atoms with Crippen LogP contribution in [0.3, 0.4) is 0 Å². The van der Waals surface area contributed by atoms with Crippen molar-refractivity contribution in [3.63, 3.8) is 0 Å². The lowest BCUT2D eigenvalue weighted by molar-refractivity contribution is -0.131. The zero-order chi connectivity index (χ0) is 20.8. The summed E-state index contributed by atoms with van der Waals surface area (Å²) in [7, 11) is 0. The van der Waals surface area contributed by atoms with Crippen molar-refractivity contribution in [3.8, 4) is 0 Å². The number of carbonyl (C=O) groups excluding carboxylic acids is 2. The van der Waals surface area contributed by atoms with Gasteiger partial charge in [0.25, 0.3) is 0 Å². The Balaban J connectivity index is 1.69. The molecule has 1 fully saturated rings. The fraction of sp³-hybridized carbons (Fsp3) is 0.273. The van der Waals surface area contributed by atoms with Gasteiger partial charge in [-0.05, 0) is 42.0 Å². The Bertz CT molecular complexity index is 905. The molecule has 1 saturated heterocycles. The number of amides is 2. The number of nitrogens with zero attached hydrogens (tertiary/aromatic N) is 2. The molecule has 1 heterocycles. The fourth-order valence-corrected chi connectivity index (χ4v) is 3.52. The van der Waals surface area contributed by atoms with Gasteiger partial charge in [0.05, 0.1) is 11.4 Å². The maximum atomic E-state index is 12.4. The van der Waals surface area contributed by atoms with E-state index in [2.05, 4.69) is 10.2 Å². The van der Waals surface area contributed by atoms with Crippen LogP contribution in [-0.4, -0.2) is 42.9 Å². The van der Waals surface area contributed by atoms with Gasteiger partial charge in [-0.3, -0.25) is 9.59 Å². The van der Waals surface area contributed by atoms with E-state index in [-0.39, 0.29) is 11.8 Å². The van der Waals surface area contributed by atoms with E-state index >= 15 is 0 Å². The predicted octanol–water partition coefficient (Wildman–Crippen LogP) is 4.70. The quantitative estimate of drug-likeness (QED) is 0.697. The van der Waals surface area contributed by atoms with Crippen molar-refractivity contribution in [3.05, 3.63) is 64.1 Å². The van der Waals surface area contributed by atoms with Crippen LogP contribution in [0.25, 0.3) is 6.08 Å². The van der Waals surface area contributed by atoms with Crippen LogP contribution in [0.5, 0.6) is 0 Å². The first-order chi connectivity index (χ1) is 14.0. The lowest BCUT2D eigenvalue weighted by Crippen LogP contribution is -2.48. The van der Waals surface area contributed by atoms with Gasteiger partial charge in [0, 0.05) is 48.7 Å². The standard InChI is InChI=1S/C22H23Cl2N3O2/c1-2-22(29)27-13-11-26(12-14-27)20-9-8-18(24)15-19(20)25-21(28)10-5-16-3-6-17(23)7-4-16/h3-10,15H,2,11-14H2,1H3,(H,25,28). The molecule has 2 aromatic rings. The van der Waals surface area contributed by atoms with Gasteiger partial charge in [0.2, 0.25) is 11.8 Å². The molecule has 0 unspecified atom stereocenters. The first kappa shape index (κ1) is 21.2. The molecule has 0 spiro atoms. The molecular weight excluding hydrogens is 409 g/mol. The molecule has 0 radical (unpaired) electrons. The Morgan fingerprint density at radius 3 is 2.31 bits per heavy atom. The Morgan fingerprint density at radius 1 is 1.00 bits per heavy atom. The van der Waals surface area contributed by atoms with Crippen LogP contribution >= 0.6 is 23.2 Å². The van der Waals surface area contributed by atoms with Crippen LogP contribution in [-0.2, 0) is 9.59 Å². The van der Waals surface area contributed by atoms with E-state index < -0.39 is 0 Å². The number of nitrogens with one attached hydrogen (secondary N) is 1. The third-order valence-electron chi connectivity index (χ3n) is 4.79. The molecule has 1 aliphatic heterocycles. The molecule has 3 rings (SSSR count). The van der Waals surface area contributed by atoms with E-state index in [0.29, 0.717) is 48.3 Å². The highest BCUT2D eigenvalue weighted by molar-refractivity contribution is 6.31. The van der Waals surface area contributed by atoms with Gasteiger partial charge < -0.3 is 15.1 Å². The number of rotatable bonds is 5. The van der Waals surface area contributed by atoms with Crippen molar-refractivity contribution in [2.45, 2.75) is 13.3 Å². The first-order valence-electron chi connectivity index (χ1n) is 9.53. The van der Waals surface area contributed by atoms with Crippen molar-refractivity contribution < 1.29 is 9.59 Å². The number of hydrogen-bond acceptors (Lipinski definition) is 3. The lowest BCUT2D eigenvalue weighted by atomic mass is 10.2. The summed E-state index contributed by atoms with van der Waals surface area (Å²) in [6, 6.07) is 12.7. The number of carbonyl (C=O) groups is 2. The molecule has 2 aromatic carbocycles. The molecular formula is C22H23Cl2N3O2. The third-order valence-corrected chi connectivity index (χ3v) is 5.28. The lowest BCUT2D eigenvalue weighted by Gasteiger charge is -2.37. The zero-order valence-corrected chi connectivity index (χ0v) is 17.7. The van der Waals surface area contributed by atoms with Gasteiger partial charge >= 0.3 is 0 Å².